The number of hydrogen-bond acceptors (Lipinski definition) is 4. The van der Waals surface area contributed by atoms with Crippen molar-refractivity contribution in [1.29, 1.82) is 0 Å². The Morgan fingerprint density at radius 1 is 0.714 bits per heavy atom. The summed E-state index contributed by atoms with van der Waals surface area (Å²) >= 11 is 0. The molecular formula is C10H12N2S2. The molecule has 74 valence electrons. The first kappa shape index (κ1) is 9.80. The van der Waals surface area contributed by atoms with E-state index in [-0.39, 0.29) is 0 Å². The van der Waals surface area contributed by atoms with Crippen molar-refractivity contribution in [1.82, 2.24) is 10.6 Å². The summed E-state index contributed by atoms with van der Waals surface area (Å²) in [5.74, 6) is 0. The average molecular weight is 224 g/mol. The second-order valence-electron chi connectivity index (χ2n) is 2.86. The SMILES string of the molecule is C1=CNC(SSC2C=CC=CN2)C=C1. The lowest BCUT2D eigenvalue weighted by Gasteiger charge is -2.18. The lowest BCUT2D eigenvalue weighted by Crippen LogP contribution is -2.22. The minimum absolute atomic E-state index is 0.381. The van der Waals surface area contributed by atoms with Crippen LogP contribution in [0.15, 0.2) is 48.9 Å². The molecule has 14 heavy (non-hydrogen) atoms. The van der Waals surface area contributed by atoms with Gasteiger partial charge in [-0.2, -0.15) is 0 Å². The third-order valence-corrected chi connectivity index (χ3v) is 4.46. The summed E-state index contributed by atoms with van der Waals surface area (Å²) in [4.78, 5) is 0. The zero-order valence-electron chi connectivity index (χ0n) is 7.59. The second kappa shape index (κ2) is 5.22. The highest BCUT2D eigenvalue weighted by Gasteiger charge is 2.10. The average Bonchev–Trinajstić information content (AvgIpc) is 2.29. The van der Waals surface area contributed by atoms with E-state index in [4.69, 9.17) is 0 Å². The third kappa shape index (κ3) is 2.89. The Labute approximate surface area is 92.0 Å². The zero-order chi connectivity index (χ0) is 9.64. The fraction of sp³-hybridized carbons (Fsp3) is 0.200. The quantitative estimate of drug-likeness (QED) is 0.719. The van der Waals surface area contributed by atoms with Crippen LogP contribution in [-0.4, -0.2) is 10.7 Å². The molecule has 2 N–H and O–H groups in total. The van der Waals surface area contributed by atoms with Crippen LogP contribution in [0.1, 0.15) is 0 Å². The molecule has 2 aliphatic rings. The fourth-order valence-corrected chi connectivity index (χ4v) is 3.35. The van der Waals surface area contributed by atoms with Crippen LogP contribution in [0.3, 0.4) is 0 Å². The lowest BCUT2D eigenvalue weighted by molar-refractivity contribution is 0.911. The van der Waals surface area contributed by atoms with Crippen molar-refractivity contribution in [3.8, 4) is 0 Å². The first-order valence-electron chi connectivity index (χ1n) is 4.46. The maximum absolute atomic E-state index is 3.26. The zero-order valence-corrected chi connectivity index (χ0v) is 9.22. The molecule has 2 atom stereocenters. The fourth-order valence-electron chi connectivity index (χ4n) is 1.09. The minimum atomic E-state index is 0.381. The van der Waals surface area contributed by atoms with Gasteiger partial charge in [0.1, 0.15) is 10.7 Å². The van der Waals surface area contributed by atoms with Crippen LogP contribution >= 0.6 is 21.6 Å². The number of allylic oxidation sites excluding steroid dienone is 4. The Bertz CT molecular complexity index is 264. The molecular weight excluding hydrogens is 212 g/mol. The van der Waals surface area contributed by atoms with Gasteiger partial charge in [-0.05, 0) is 24.6 Å². The van der Waals surface area contributed by atoms with E-state index in [1.54, 1.807) is 0 Å². The molecule has 0 aromatic heterocycles. The van der Waals surface area contributed by atoms with Crippen molar-refractivity contribution < 1.29 is 0 Å². The molecule has 0 saturated carbocycles. The Hall–Kier alpha value is -0.740. The summed E-state index contributed by atoms with van der Waals surface area (Å²) in [5, 5.41) is 7.29. The maximum Gasteiger partial charge on any atom is 0.101 e. The standard InChI is InChI=1S/C10H12N2S2/c1-3-7-11-9(5-1)13-14-10-6-2-4-8-12-10/h1-12H. The molecule has 0 bridgehead atoms. The van der Waals surface area contributed by atoms with Crippen molar-refractivity contribution >= 4 is 21.6 Å². The van der Waals surface area contributed by atoms with Crippen LogP contribution in [0, 0.1) is 0 Å². The predicted molar refractivity (Wildman–Crippen MR) is 65.6 cm³/mol. The smallest absolute Gasteiger partial charge is 0.101 e. The van der Waals surface area contributed by atoms with Gasteiger partial charge in [0.15, 0.2) is 0 Å². The molecule has 2 nitrogen and oxygen atoms in total. The van der Waals surface area contributed by atoms with Crippen molar-refractivity contribution in [2.45, 2.75) is 10.7 Å². The minimum Gasteiger partial charge on any atom is -0.375 e. The van der Waals surface area contributed by atoms with E-state index < -0.39 is 0 Å². The van der Waals surface area contributed by atoms with E-state index in [0.717, 1.165) is 0 Å². The number of dihydropyridines is 2. The molecule has 2 heterocycles. The summed E-state index contributed by atoms with van der Waals surface area (Å²) in [6.07, 6.45) is 16.4. The molecule has 2 unspecified atom stereocenters. The number of nitrogens with one attached hydrogen (secondary N) is 2. The van der Waals surface area contributed by atoms with Crippen LogP contribution in [0.4, 0.5) is 0 Å². The van der Waals surface area contributed by atoms with Crippen LogP contribution in [0.25, 0.3) is 0 Å². The van der Waals surface area contributed by atoms with E-state index in [9.17, 15) is 0 Å². The third-order valence-electron chi connectivity index (χ3n) is 1.77. The molecule has 0 fully saturated rings. The Morgan fingerprint density at radius 2 is 1.21 bits per heavy atom. The summed E-state index contributed by atoms with van der Waals surface area (Å²) in [6, 6.07) is 0. The van der Waals surface area contributed by atoms with E-state index in [1.807, 2.05) is 46.1 Å². The van der Waals surface area contributed by atoms with Gasteiger partial charge in [0.2, 0.25) is 0 Å². The van der Waals surface area contributed by atoms with Gasteiger partial charge in [0, 0.05) is 0 Å². The topological polar surface area (TPSA) is 24.1 Å². The van der Waals surface area contributed by atoms with Crippen molar-refractivity contribution in [3.63, 3.8) is 0 Å². The first-order chi connectivity index (χ1) is 6.95. The largest absolute Gasteiger partial charge is 0.375 e. The number of rotatable bonds is 3. The van der Waals surface area contributed by atoms with E-state index >= 15 is 0 Å². The van der Waals surface area contributed by atoms with Gasteiger partial charge in [-0.1, -0.05) is 45.9 Å². The highest BCUT2D eigenvalue weighted by molar-refractivity contribution is 8.77. The van der Waals surface area contributed by atoms with Gasteiger partial charge in [0.05, 0.1) is 0 Å². The van der Waals surface area contributed by atoms with Gasteiger partial charge in [-0.15, -0.1) is 0 Å². The van der Waals surface area contributed by atoms with Gasteiger partial charge in [-0.3, -0.25) is 0 Å². The summed E-state index contributed by atoms with van der Waals surface area (Å²) in [7, 11) is 3.65. The van der Waals surface area contributed by atoms with Crippen LogP contribution in [0.5, 0.6) is 0 Å². The summed E-state index contributed by atoms with van der Waals surface area (Å²) in [5.41, 5.74) is 0. The van der Waals surface area contributed by atoms with E-state index in [0.29, 0.717) is 10.7 Å². The van der Waals surface area contributed by atoms with E-state index in [2.05, 4.69) is 34.9 Å². The Morgan fingerprint density at radius 3 is 1.57 bits per heavy atom. The maximum atomic E-state index is 3.26. The van der Waals surface area contributed by atoms with Gasteiger partial charge in [0.25, 0.3) is 0 Å². The van der Waals surface area contributed by atoms with Gasteiger partial charge >= 0.3 is 0 Å². The molecule has 0 aromatic carbocycles. The van der Waals surface area contributed by atoms with Crippen molar-refractivity contribution in [2.24, 2.45) is 0 Å². The predicted octanol–water partition coefficient (Wildman–Crippen LogP) is 2.37. The summed E-state index contributed by atoms with van der Waals surface area (Å²) in [6.45, 7) is 0. The molecule has 2 aliphatic heterocycles. The van der Waals surface area contributed by atoms with Crippen LogP contribution in [0.2, 0.25) is 0 Å². The van der Waals surface area contributed by atoms with E-state index in [1.165, 1.54) is 0 Å². The van der Waals surface area contributed by atoms with Gasteiger partial charge in [-0.25, -0.2) is 0 Å². The Kier molecular flexibility index (Phi) is 3.65. The van der Waals surface area contributed by atoms with Crippen LogP contribution in [-0.2, 0) is 0 Å². The monoisotopic (exact) mass is 224 g/mol. The van der Waals surface area contributed by atoms with Crippen molar-refractivity contribution in [2.75, 3.05) is 0 Å². The molecule has 0 spiro atoms. The molecule has 0 aliphatic carbocycles. The Balaban J connectivity index is 1.72. The normalized spacial score (nSPS) is 28.6. The first-order valence-corrected chi connectivity index (χ1v) is 6.74. The molecule has 0 saturated heterocycles. The van der Waals surface area contributed by atoms with Crippen LogP contribution < -0.4 is 10.6 Å². The number of hydrogen-bond donors (Lipinski definition) is 2. The highest BCUT2D eigenvalue weighted by atomic mass is 33.1. The van der Waals surface area contributed by atoms with Crippen molar-refractivity contribution in [3.05, 3.63) is 48.9 Å². The van der Waals surface area contributed by atoms with Gasteiger partial charge < -0.3 is 10.6 Å². The highest BCUT2D eigenvalue weighted by Crippen LogP contribution is 2.31. The molecule has 4 heteroatoms. The second-order valence-corrected chi connectivity index (χ2v) is 5.41. The lowest BCUT2D eigenvalue weighted by atomic mass is 10.4. The molecule has 0 amide bonds. The molecule has 0 radical (unpaired) electrons. The molecule has 0 aromatic rings. The summed E-state index contributed by atoms with van der Waals surface area (Å²) < 4.78 is 0. The molecule has 2 rings (SSSR count).